The van der Waals surface area contributed by atoms with Crippen LogP contribution in [-0.2, 0) is 6.54 Å². The van der Waals surface area contributed by atoms with Crippen LogP contribution >= 0.6 is 11.6 Å². The molecular weight excluding hydrogens is 248 g/mol. The first kappa shape index (κ1) is 13.7. The Hall–Kier alpha value is -0.710. The van der Waals surface area contributed by atoms with Crippen LogP contribution in [0.4, 0.5) is 0 Å². The molecule has 0 bridgehead atoms. The molecule has 1 saturated heterocycles. The van der Waals surface area contributed by atoms with Crippen molar-refractivity contribution in [2.24, 2.45) is 5.92 Å². The Labute approximate surface area is 114 Å². The maximum absolute atomic E-state index is 5.95. The van der Waals surface area contributed by atoms with E-state index in [1.807, 2.05) is 6.92 Å². The summed E-state index contributed by atoms with van der Waals surface area (Å²) in [5, 5.41) is 3.93. The lowest BCUT2D eigenvalue weighted by molar-refractivity contribution is 0.230. The lowest BCUT2D eigenvalue weighted by Gasteiger charge is -2.27. The SMILES string of the molecule is Cc1cc(Cl)nc(CN(C)CC2CCNCC2)n1. The minimum atomic E-state index is 0.535. The summed E-state index contributed by atoms with van der Waals surface area (Å²) in [5.41, 5.74) is 0.931. The Kier molecular flexibility index (Phi) is 4.92. The highest BCUT2D eigenvalue weighted by molar-refractivity contribution is 6.29. The molecule has 0 spiro atoms. The Morgan fingerprint density at radius 3 is 2.78 bits per heavy atom. The van der Waals surface area contributed by atoms with Crippen molar-refractivity contribution in [3.05, 3.63) is 22.7 Å². The van der Waals surface area contributed by atoms with Gasteiger partial charge in [0.2, 0.25) is 0 Å². The van der Waals surface area contributed by atoms with E-state index in [1.165, 1.54) is 12.8 Å². The zero-order valence-electron chi connectivity index (χ0n) is 11.1. The third-order valence-corrected chi connectivity index (χ3v) is 3.50. The second kappa shape index (κ2) is 6.45. The number of nitrogens with one attached hydrogen (secondary N) is 1. The molecule has 1 aromatic rings. The van der Waals surface area contributed by atoms with Crippen molar-refractivity contribution in [3.8, 4) is 0 Å². The predicted molar refractivity (Wildman–Crippen MR) is 73.7 cm³/mol. The molecule has 100 valence electrons. The topological polar surface area (TPSA) is 41.1 Å². The Bertz CT molecular complexity index is 370. The van der Waals surface area contributed by atoms with Crippen molar-refractivity contribution in [2.45, 2.75) is 26.3 Å². The molecule has 1 aliphatic rings. The Morgan fingerprint density at radius 2 is 2.11 bits per heavy atom. The van der Waals surface area contributed by atoms with Gasteiger partial charge in [0, 0.05) is 12.2 Å². The van der Waals surface area contributed by atoms with Crippen LogP contribution in [0.5, 0.6) is 0 Å². The molecule has 2 rings (SSSR count). The number of hydrogen-bond acceptors (Lipinski definition) is 4. The van der Waals surface area contributed by atoms with E-state index < -0.39 is 0 Å². The summed E-state index contributed by atoms with van der Waals surface area (Å²) in [7, 11) is 2.13. The lowest BCUT2D eigenvalue weighted by Crippen LogP contribution is -2.34. The van der Waals surface area contributed by atoms with E-state index >= 15 is 0 Å². The first-order chi connectivity index (χ1) is 8.63. The maximum atomic E-state index is 5.95. The molecule has 0 radical (unpaired) electrons. The van der Waals surface area contributed by atoms with E-state index in [9.17, 15) is 0 Å². The first-order valence-electron chi connectivity index (χ1n) is 6.53. The summed E-state index contributed by atoms with van der Waals surface area (Å²) in [6.45, 7) is 6.11. The van der Waals surface area contributed by atoms with Crippen molar-refractivity contribution in [2.75, 3.05) is 26.7 Å². The summed E-state index contributed by atoms with van der Waals surface area (Å²) < 4.78 is 0. The Balaban J connectivity index is 1.87. The van der Waals surface area contributed by atoms with Crippen LogP contribution in [0.2, 0.25) is 5.15 Å². The molecule has 0 unspecified atom stereocenters. The summed E-state index contributed by atoms with van der Waals surface area (Å²) >= 11 is 5.95. The number of aromatic nitrogens is 2. The third kappa shape index (κ3) is 4.19. The van der Waals surface area contributed by atoms with Gasteiger partial charge in [-0.25, -0.2) is 9.97 Å². The number of aryl methyl sites for hydroxylation is 1. The van der Waals surface area contributed by atoms with Crippen molar-refractivity contribution in [1.29, 1.82) is 0 Å². The van der Waals surface area contributed by atoms with Gasteiger partial charge in [0.05, 0.1) is 6.54 Å². The average molecular weight is 269 g/mol. The van der Waals surface area contributed by atoms with Crippen LogP contribution in [0.3, 0.4) is 0 Å². The van der Waals surface area contributed by atoms with E-state index in [2.05, 4.69) is 27.2 Å². The fraction of sp³-hybridized carbons (Fsp3) is 0.692. The average Bonchev–Trinajstić information content (AvgIpc) is 2.28. The molecule has 1 aromatic heterocycles. The molecule has 1 fully saturated rings. The van der Waals surface area contributed by atoms with Gasteiger partial charge in [0.15, 0.2) is 0 Å². The predicted octanol–water partition coefficient (Wildman–Crippen LogP) is 1.87. The van der Waals surface area contributed by atoms with E-state index in [1.54, 1.807) is 6.07 Å². The van der Waals surface area contributed by atoms with Crippen molar-refractivity contribution < 1.29 is 0 Å². The molecule has 18 heavy (non-hydrogen) atoms. The molecule has 1 aliphatic heterocycles. The van der Waals surface area contributed by atoms with Gasteiger partial charge in [-0.1, -0.05) is 11.6 Å². The highest BCUT2D eigenvalue weighted by Crippen LogP contribution is 2.14. The molecule has 5 heteroatoms. The van der Waals surface area contributed by atoms with E-state index in [0.717, 1.165) is 43.6 Å². The molecule has 2 heterocycles. The van der Waals surface area contributed by atoms with Gasteiger partial charge in [-0.2, -0.15) is 0 Å². The van der Waals surface area contributed by atoms with Crippen molar-refractivity contribution in [1.82, 2.24) is 20.2 Å². The fourth-order valence-corrected chi connectivity index (χ4v) is 2.73. The molecule has 1 N–H and O–H groups in total. The number of piperidine rings is 1. The normalized spacial score (nSPS) is 17.3. The van der Waals surface area contributed by atoms with Crippen molar-refractivity contribution in [3.63, 3.8) is 0 Å². The zero-order valence-corrected chi connectivity index (χ0v) is 11.9. The molecular formula is C13H21ClN4. The van der Waals surface area contributed by atoms with E-state index in [-0.39, 0.29) is 0 Å². The highest BCUT2D eigenvalue weighted by atomic mass is 35.5. The smallest absolute Gasteiger partial charge is 0.144 e. The quantitative estimate of drug-likeness (QED) is 0.847. The molecule has 0 atom stereocenters. The van der Waals surface area contributed by atoms with Gasteiger partial charge in [-0.3, -0.25) is 4.90 Å². The van der Waals surface area contributed by atoms with Crippen LogP contribution in [0.25, 0.3) is 0 Å². The number of halogens is 1. The van der Waals surface area contributed by atoms with Crippen LogP contribution in [-0.4, -0.2) is 41.5 Å². The second-order valence-electron chi connectivity index (χ2n) is 5.14. The van der Waals surface area contributed by atoms with Gasteiger partial charge < -0.3 is 5.32 Å². The fourth-order valence-electron chi connectivity index (χ4n) is 2.47. The number of nitrogens with zero attached hydrogens (tertiary/aromatic N) is 3. The van der Waals surface area contributed by atoms with Gasteiger partial charge in [-0.15, -0.1) is 0 Å². The molecule has 0 aliphatic carbocycles. The minimum Gasteiger partial charge on any atom is -0.317 e. The molecule has 0 aromatic carbocycles. The zero-order chi connectivity index (χ0) is 13.0. The van der Waals surface area contributed by atoms with Gasteiger partial charge in [-0.05, 0) is 51.9 Å². The van der Waals surface area contributed by atoms with E-state index in [4.69, 9.17) is 11.6 Å². The van der Waals surface area contributed by atoms with Gasteiger partial charge in [0.1, 0.15) is 11.0 Å². The van der Waals surface area contributed by atoms with Gasteiger partial charge >= 0.3 is 0 Å². The summed E-state index contributed by atoms with van der Waals surface area (Å²) in [4.78, 5) is 11.0. The van der Waals surface area contributed by atoms with Crippen LogP contribution in [0, 0.1) is 12.8 Å². The maximum Gasteiger partial charge on any atom is 0.144 e. The van der Waals surface area contributed by atoms with Crippen molar-refractivity contribution >= 4 is 11.6 Å². The molecule has 4 nitrogen and oxygen atoms in total. The Morgan fingerprint density at radius 1 is 1.39 bits per heavy atom. The van der Waals surface area contributed by atoms with Gasteiger partial charge in [0.25, 0.3) is 0 Å². The number of rotatable bonds is 4. The largest absolute Gasteiger partial charge is 0.317 e. The standard InChI is InChI=1S/C13H21ClN4/c1-10-7-12(14)17-13(16-10)9-18(2)8-11-3-5-15-6-4-11/h7,11,15H,3-6,8-9H2,1-2H3. The van der Waals surface area contributed by atoms with Crippen LogP contribution in [0.1, 0.15) is 24.4 Å². The lowest BCUT2D eigenvalue weighted by atomic mass is 9.98. The summed E-state index contributed by atoms with van der Waals surface area (Å²) in [6.07, 6.45) is 2.53. The minimum absolute atomic E-state index is 0.535. The van der Waals surface area contributed by atoms with Crippen LogP contribution in [0.15, 0.2) is 6.07 Å². The first-order valence-corrected chi connectivity index (χ1v) is 6.90. The summed E-state index contributed by atoms with van der Waals surface area (Å²) in [6, 6.07) is 1.79. The van der Waals surface area contributed by atoms with Crippen LogP contribution < -0.4 is 5.32 Å². The highest BCUT2D eigenvalue weighted by Gasteiger charge is 2.15. The summed E-state index contributed by atoms with van der Waals surface area (Å²) in [5.74, 6) is 1.60. The molecule has 0 saturated carbocycles. The molecule has 0 amide bonds. The third-order valence-electron chi connectivity index (χ3n) is 3.31. The van der Waals surface area contributed by atoms with E-state index in [0.29, 0.717) is 5.15 Å². The monoisotopic (exact) mass is 268 g/mol. The second-order valence-corrected chi connectivity index (χ2v) is 5.53. The number of hydrogen-bond donors (Lipinski definition) is 1.